The summed E-state index contributed by atoms with van der Waals surface area (Å²) >= 11 is 9.12. The van der Waals surface area contributed by atoms with Crippen molar-refractivity contribution < 1.29 is 9.53 Å². The van der Waals surface area contributed by atoms with Crippen molar-refractivity contribution in [2.45, 2.75) is 19.3 Å². The van der Waals surface area contributed by atoms with Crippen LogP contribution in [0.5, 0.6) is 0 Å². The standard InChI is InChI=1S/C10H11BrClNO2/c1-10(2,9(14)15-3)8-6(11)4-5-7(12)13-8/h4-5H,1-3H3. The van der Waals surface area contributed by atoms with Gasteiger partial charge < -0.3 is 4.74 Å². The molecule has 0 N–H and O–H groups in total. The lowest BCUT2D eigenvalue weighted by Gasteiger charge is -2.22. The van der Waals surface area contributed by atoms with Crippen LogP contribution < -0.4 is 0 Å². The minimum atomic E-state index is -0.821. The predicted molar refractivity (Wildman–Crippen MR) is 62.0 cm³/mol. The molecule has 0 bridgehead atoms. The number of pyridine rings is 1. The van der Waals surface area contributed by atoms with E-state index in [0.717, 1.165) is 4.47 Å². The van der Waals surface area contributed by atoms with Crippen LogP contribution in [-0.4, -0.2) is 18.1 Å². The Morgan fingerprint density at radius 2 is 2.13 bits per heavy atom. The van der Waals surface area contributed by atoms with Crippen molar-refractivity contribution in [2.75, 3.05) is 7.11 Å². The molecule has 1 heterocycles. The Kier molecular flexibility index (Phi) is 3.73. The number of hydrogen-bond acceptors (Lipinski definition) is 3. The molecule has 0 aromatic carbocycles. The van der Waals surface area contributed by atoms with Gasteiger partial charge in [-0.3, -0.25) is 4.79 Å². The number of esters is 1. The highest BCUT2D eigenvalue weighted by atomic mass is 79.9. The monoisotopic (exact) mass is 291 g/mol. The smallest absolute Gasteiger partial charge is 0.317 e. The lowest BCUT2D eigenvalue weighted by atomic mass is 9.89. The molecule has 1 aromatic heterocycles. The molecule has 0 amide bonds. The SMILES string of the molecule is COC(=O)C(C)(C)c1nc(Cl)ccc1Br. The molecule has 0 aliphatic carbocycles. The van der Waals surface area contributed by atoms with E-state index in [4.69, 9.17) is 16.3 Å². The molecule has 0 saturated heterocycles. The largest absolute Gasteiger partial charge is 0.468 e. The number of nitrogens with zero attached hydrogens (tertiary/aromatic N) is 1. The van der Waals surface area contributed by atoms with E-state index in [-0.39, 0.29) is 5.97 Å². The van der Waals surface area contributed by atoms with Gasteiger partial charge in [-0.1, -0.05) is 11.6 Å². The van der Waals surface area contributed by atoms with Gasteiger partial charge in [0.2, 0.25) is 0 Å². The third kappa shape index (κ3) is 2.49. The summed E-state index contributed by atoms with van der Waals surface area (Å²) in [6.07, 6.45) is 0. The quantitative estimate of drug-likeness (QED) is 0.621. The number of hydrogen-bond donors (Lipinski definition) is 0. The molecule has 5 heteroatoms. The molecule has 82 valence electrons. The van der Waals surface area contributed by atoms with Crippen LogP contribution in [0.15, 0.2) is 16.6 Å². The van der Waals surface area contributed by atoms with Crippen LogP contribution in [0, 0.1) is 0 Å². The first-order chi connectivity index (χ1) is 6.89. The summed E-state index contributed by atoms with van der Waals surface area (Å²) in [6, 6.07) is 3.41. The van der Waals surface area contributed by atoms with Gasteiger partial charge in [-0.05, 0) is 41.9 Å². The molecule has 0 spiro atoms. The van der Waals surface area contributed by atoms with Gasteiger partial charge >= 0.3 is 5.97 Å². The maximum Gasteiger partial charge on any atom is 0.317 e. The normalized spacial score (nSPS) is 11.3. The molecular weight excluding hydrogens is 281 g/mol. The van der Waals surface area contributed by atoms with Crippen molar-refractivity contribution in [3.63, 3.8) is 0 Å². The first kappa shape index (κ1) is 12.5. The van der Waals surface area contributed by atoms with Gasteiger partial charge in [0, 0.05) is 4.47 Å². The minimum Gasteiger partial charge on any atom is -0.468 e. The predicted octanol–water partition coefficient (Wildman–Crippen LogP) is 2.95. The van der Waals surface area contributed by atoms with Gasteiger partial charge in [-0.15, -0.1) is 0 Å². The average Bonchev–Trinajstić information content (AvgIpc) is 2.20. The van der Waals surface area contributed by atoms with E-state index in [1.807, 2.05) is 0 Å². The summed E-state index contributed by atoms with van der Waals surface area (Å²) < 4.78 is 5.46. The molecule has 0 unspecified atom stereocenters. The molecule has 0 atom stereocenters. The first-order valence-corrected chi connectivity index (χ1v) is 5.47. The summed E-state index contributed by atoms with van der Waals surface area (Å²) in [7, 11) is 1.35. The Morgan fingerprint density at radius 1 is 1.53 bits per heavy atom. The molecule has 1 aromatic rings. The fourth-order valence-electron chi connectivity index (χ4n) is 1.21. The van der Waals surface area contributed by atoms with Gasteiger partial charge in [0.25, 0.3) is 0 Å². The fraction of sp³-hybridized carbons (Fsp3) is 0.400. The number of methoxy groups -OCH3 is 1. The van der Waals surface area contributed by atoms with Gasteiger partial charge in [-0.2, -0.15) is 0 Å². The zero-order chi connectivity index (χ0) is 11.6. The van der Waals surface area contributed by atoms with Gasteiger partial charge in [-0.25, -0.2) is 4.98 Å². The second-order valence-electron chi connectivity index (χ2n) is 3.58. The Bertz CT molecular complexity index is 393. The first-order valence-electron chi connectivity index (χ1n) is 4.30. The number of aromatic nitrogens is 1. The second kappa shape index (κ2) is 4.49. The third-order valence-electron chi connectivity index (χ3n) is 2.10. The Labute approximate surface area is 102 Å². The Balaban J connectivity index is 3.25. The molecule has 3 nitrogen and oxygen atoms in total. The zero-order valence-electron chi connectivity index (χ0n) is 8.67. The Morgan fingerprint density at radius 3 is 2.67 bits per heavy atom. The van der Waals surface area contributed by atoms with E-state index in [2.05, 4.69) is 20.9 Å². The van der Waals surface area contributed by atoms with Crippen LogP contribution in [0.4, 0.5) is 0 Å². The van der Waals surface area contributed by atoms with Gasteiger partial charge in [0.1, 0.15) is 10.6 Å². The number of rotatable bonds is 2. The topological polar surface area (TPSA) is 39.2 Å². The van der Waals surface area contributed by atoms with Crippen molar-refractivity contribution in [2.24, 2.45) is 0 Å². The average molecular weight is 293 g/mol. The van der Waals surface area contributed by atoms with Crippen LogP contribution in [0.2, 0.25) is 5.15 Å². The zero-order valence-corrected chi connectivity index (χ0v) is 11.0. The molecule has 1 rings (SSSR count). The van der Waals surface area contributed by atoms with Crippen LogP contribution >= 0.6 is 27.5 Å². The molecule has 0 radical (unpaired) electrons. The molecular formula is C10H11BrClNO2. The number of ether oxygens (including phenoxy) is 1. The maximum atomic E-state index is 11.6. The van der Waals surface area contributed by atoms with E-state index in [1.165, 1.54) is 7.11 Å². The van der Waals surface area contributed by atoms with E-state index in [0.29, 0.717) is 10.8 Å². The molecule has 0 aliphatic rings. The highest BCUT2D eigenvalue weighted by molar-refractivity contribution is 9.10. The fourth-order valence-corrected chi connectivity index (χ4v) is 2.07. The summed E-state index contributed by atoms with van der Waals surface area (Å²) in [5.74, 6) is -0.349. The van der Waals surface area contributed by atoms with E-state index in [9.17, 15) is 4.79 Å². The third-order valence-corrected chi connectivity index (χ3v) is 2.95. The molecule has 0 fully saturated rings. The van der Waals surface area contributed by atoms with Crippen molar-refractivity contribution in [1.29, 1.82) is 0 Å². The van der Waals surface area contributed by atoms with Crippen LogP contribution in [-0.2, 0) is 14.9 Å². The number of carbonyl (C=O) groups is 1. The van der Waals surface area contributed by atoms with Crippen molar-refractivity contribution in [3.8, 4) is 0 Å². The summed E-state index contributed by atoms with van der Waals surface area (Å²) in [5.41, 5.74) is -0.250. The van der Waals surface area contributed by atoms with Crippen molar-refractivity contribution in [1.82, 2.24) is 4.98 Å². The minimum absolute atomic E-state index is 0.349. The van der Waals surface area contributed by atoms with Crippen LogP contribution in [0.3, 0.4) is 0 Å². The summed E-state index contributed by atoms with van der Waals surface area (Å²) in [4.78, 5) is 15.7. The highest BCUT2D eigenvalue weighted by Crippen LogP contribution is 2.30. The molecule has 0 saturated carbocycles. The lowest BCUT2D eigenvalue weighted by molar-refractivity contribution is -0.146. The maximum absolute atomic E-state index is 11.6. The molecule has 0 aliphatic heterocycles. The van der Waals surface area contributed by atoms with Crippen LogP contribution in [0.1, 0.15) is 19.5 Å². The van der Waals surface area contributed by atoms with Crippen molar-refractivity contribution in [3.05, 3.63) is 27.5 Å². The van der Waals surface area contributed by atoms with Gasteiger partial charge in [0.05, 0.1) is 12.8 Å². The summed E-state index contributed by atoms with van der Waals surface area (Å²) in [6.45, 7) is 3.48. The van der Waals surface area contributed by atoms with Crippen molar-refractivity contribution >= 4 is 33.5 Å². The van der Waals surface area contributed by atoms with Crippen LogP contribution in [0.25, 0.3) is 0 Å². The van der Waals surface area contributed by atoms with Gasteiger partial charge in [0.15, 0.2) is 0 Å². The highest BCUT2D eigenvalue weighted by Gasteiger charge is 2.34. The number of halogens is 2. The van der Waals surface area contributed by atoms with E-state index in [1.54, 1.807) is 26.0 Å². The Hall–Kier alpha value is -0.610. The second-order valence-corrected chi connectivity index (χ2v) is 4.82. The number of carbonyl (C=O) groups excluding carboxylic acids is 1. The van der Waals surface area contributed by atoms with E-state index < -0.39 is 5.41 Å². The summed E-state index contributed by atoms with van der Waals surface area (Å²) in [5, 5.41) is 0.352. The lowest BCUT2D eigenvalue weighted by Crippen LogP contribution is -2.31. The van der Waals surface area contributed by atoms with E-state index >= 15 is 0 Å². The molecule has 15 heavy (non-hydrogen) atoms.